The van der Waals surface area contributed by atoms with Crippen LogP contribution in [0.15, 0.2) is 41.7 Å². The van der Waals surface area contributed by atoms with Crippen LogP contribution in [0.3, 0.4) is 0 Å². The van der Waals surface area contributed by atoms with Gasteiger partial charge in [0.15, 0.2) is 0 Å². The first-order valence-electron chi connectivity index (χ1n) is 9.25. The molecule has 1 aliphatic rings. The van der Waals surface area contributed by atoms with Crippen LogP contribution in [0.2, 0.25) is 0 Å². The van der Waals surface area contributed by atoms with Crippen LogP contribution in [0.1, 0.15) is 24.2 Å². The Hall–Kier alpha value is -3.25. The summed E-state index contributed by atoms with van der Waals surface area (Å²) in [5, 5.41) is 20.0. The Morgan fingerprint density at radius 2 is 1.97 bits per heavy atom. The second-order valence-electron chi connectivity index (χ2n) is 7.33. The minimum atomic E-state index is -3.80. The number of nitrogens with zero attached hydrogens (tertiary/aromatic N) is 5. The van der Waals surface area contributed by atoms with Crippen LogP contribution < -0.4 is 15.8 Å². The number of benzene rings is 1. The molecule has 0 saturated carbocycles. The van der Waals surface area contributed by atoms with Crippen molar-refractivity contribution in [3.05, 3.63) is 48.0 Å². The first-order chi connectivity index (χ1) is 14.1. The summed E-state index contributed by atoms with van der Waals surface area (Å²) in [5.41, 5.74) is 2.14. The Morgan fingerprint density at radius 3 is 2.57 bits per heavy atom. The van der Waals surface area contributed by atoms with Crippen LogP contribution in [0.5, 0.6) is 0 Å². The van der Waals surface area contributed by atoms with Crippen molar-refractivity contribution < 1.29 is 13.2 Å². The highest BCUT2D eigenvalue weighted by Gasteiger charge is 2.42. The van der Waals surface area contributed by atoms with Crippen LogP contribution in [0.25, 0.3) is 0 Å². The Kier molecular flexibility index (Phi) is 4.82. The van der Waals surface area contributed by atoms with Gasteiger partial charge in [-0.3, -0.25) is 9.48 Å². The molecular weight excluding hydrogens is 408 g/mol. The van der Waals surface area contributed by atoms with E-state index in [2.05, 4.69) is 25.8 Å². The van der Waals surface area contributed by atoms with Crippen LogP contribution in [-0.2, 0) is 21.9 Å². The SMILES string of the molecule is Cc1nn(C)cc1[C@H]1[C@H](C(=O)Nc2ccc(S(N)(=O)=O)cc2)[C@H](C)Nc2ncnn21. The summed E-state index contributed by atoms with van der Waals surface area (Å²) in [7, 11) is -1.98. The average Bonchev–Trinajstić information content (AvgIpc) is 3.25. The molecule has 12 heteroatoms. The van der Waals surface area contributed by atoms with E-state index in [0.29, 0.717) is 11.6 Å². The Bertz CT molecular complexity index is 1200. The fourth-order valence-electron chi connectivity index (χ4n) is 3.83. The molecule has 1 aliphatic heterocycles. The van der Waals surface area contributed by atoms with Gasteiger partial charge in [-0.15, -0.1) is 0 Å². The van der Waals surface area contributed by atoms with Gasteiger partial charge >= 0.3 is 0 Å². The molecule has 0 unspecified atom stereocenters. The van der Waals surface area contributed by atoms with Gasteiger partial charge < -0.3 is 10.6 Å². The highest BCUT2D eigenvalue weighted by Crippen LogP contribution is 2.37. The van der Waals surface area contributed by atoms with E-state index in [1.807, 2.05) is 27.1 Å². The zero-order valence-corrected chi connectivity index (χ0v) is 17.5. The van der Waals surface area contributed by atoms with Gasteiger partial charge in [0.05, 0.1) is 22.5 Å². The fourth-order valence-corrected chi connectivity index (χ4v) is 4.35. The Morgan fingerprint density at radius 1 is 1.27 bits per heavy atom. The number of primary sulfonamides is 1. The zero-order valence-electron chi connectivity index (χ0n) is 16.6. The van der Waals surface area contributed by atoms with E-state index < -0.39 is 22.0 Å². The molecule has 30 heavy (non-hydrogen) atoms. The number of fused-ring (bicyclic) bond motifs is 1. The largest absolute Gasteiger partial charge is 0.351 e. The smallest absolute Gasteiger partial charge is 0.238 e. The van der Waals surface area contributed by atoms with Crippen molar-refractivity contribution >= 4 is 27.6 Å². The number of hydrogen-bond acceptors (Lipinski definition) is 7. The van der Waals surface area contributed by atoms with Gasteiger partial charge in [-0.1, -0.05) is 0 Å². The lowest BCUT2D eigenvalue weighted by molar-refractivity contribution is -0.121. The molecule has 158 valence electrons. The maximum atomic E-state index is 13.3. The number of sulfonamides is 1. The molecule has 0 radical (unpaired) electrons. The summed E-state index contributed by atoms with van der Waals surface area (Å²) < 4.78 is 26.3. The summed E-state index contributed by atoms with van der Waals surface area (Å²) in [6.07, 6.45) is 3.32. The molecule has 4 N–H and O–H groups in total. The van der Waals surface area contributed by atoms with Crippen molar-refractivity contribution in [3.8, 4) is 0 Å². The van der Waals surface area contributed by atoms with Gasteiger partial charge in [-0.05, 0) is 38.1 Å². The van der Waals surface area contributed by atoms with Gasteiger partial charge in [0.25, 0.3) is 0 Å². The molecule has 2 aromatic heterocycles. The van der Waals surface area contributed by atoms with Crippen LogP contribution in [0, 0.1) is 12.8 Å². The average molecular weight is 430 g/mol. The Labute approximate surface area is 173 Å². The van der Waals surface area contributed by atoms with E-state index in [1.165, 1.54) is 30.6 Å². The minimum Gasteiger partial charge on any atom is -0.351 e. The maximum Gasteiger partial charge on any atom is 0.238 e. The number of nitrogens with one attached hydrogen (secondary N) is 2. The number of nitrogens with two attached hydrogens (primary N) is 1. The molecule has 0 aliphatic carbocycles. The van der Waals surface area contributed by atoms with Crippen molar-refractivity contribution in [2.45, 2.75) is 30.8 Å². The maximum absolute atomic E-state index is 13.3. The van der Waals surface area contributed by atoms with Crippen LogP contribution in [0.4, 0.5) is 11.6 Å². The highest BCUT2D eigenvalue weighted by molar-refractivity contribution is 7.89. The monoisotopic (exact) mass is 430 g/mol. The van der Waals surface area contributed by atoms with Gasteiger partial charge in [-0.2, -0.15) is 15.2 Å². The number of amides is 1. The lowest BCUT2D eigenvalue weighted by atomic mass is 9.85. The molecule has 3 atom stereocenters. The van der Waals surface area contributed by atoms with Crippen LogP contribution >= 0.6 is 0 Å². The molecule has 3 aromatic rings. The topological polar surface area (TPSA) is 150 Å². The number of hydrogen-bond donors (Lipinski definition) is 3. The number of rotatable bonds is 4. The lowest BCUT2D eigenvalue weighted by Gasteiger charge is -2.36. The predicted octanol–water partition coefficient (Wildman–Crippen LogP) is 0.626. The Balaban J connectivity index is 1.68. The van der Waals surface area contributed by atoms with Gasteiger partial charge in [0.1, 0.15) is 6.33 Å². The van der Waals surface area contributed by atoms with Crippen molar-refractivity contribution in [1.82, 2.24) is 24.5 Å². The molecule has 11 nitrogen and oxygen atoms in total. The molecule has 0 fully saturated rings. The fraction of sp³-hybridized carbons (Fsp3) is 0.333. The molecule has 1 amide bonds. The summed E-state index contributed by atoms with van der Waals surface area (Å²) in [6.45, 7) is 3.80. The standard InChI is InChI=1S/C18H22N8O3S/c1-10-14(8-25(3)24-10)16-15(11(2)22-18-20-9-21-26(16)18)17(27)23-12-4-6-13(7-5-12)30(19,28)29/h4-9,11,15-16H,1-3H3,(H,23,27)(H2,19,28,29)(H,20,21,22)/t11-,15+,16-/m0/s1. The lowest BCUT2D eigenvalue weighted by Crippen LogP contribution is -2.46. The van der Waals surface area contributed by atoms with Crippen LogP contribution in [-0.4, -0.2) is 44.9 Å². The van der Waals surface area contributed by atoms with Crippen molar-refractivity contribution in [2.24, 2.45) is 18.1 Å². The second kappa shape index (κ2) is 7.22. The van der Waals surface area contributed by atoms with E-state index in [1.54, 1.807) is 9.36 Å². The number of anilines is 2. The highest BCUT2D eigenvalue weighted by atomic mass is 32.2. The molecule has 0 bridgehead atoms. The van der Waals surface area contributed by atoms with Crippen molar-refractivity contribution in [1.29, 1.82) is 0 Å². The number of aryl methyl sites for hydroxylation is 2. The molecule has 0 saturated heterocycles. The number of carbonyl (C=O) groups excluding carboxylic acids is 1. The van der Waals surface area contributed by atoms with Gasteiger partial charge in [0, 0.05) is 30.5 Å². The van der Waals surface area contributed by atoms with E-state index in [-0.39, 0.29) is 16.8 Å². The van der Waals surface area contributed by atoms with E-state index >= 15 is 0 Å². The first-order valence-corrected chi connectivity index (χ1v) is 10.8. The molecule has 3 heterocycles. The van der Waals surface area contributed by atoms with E-state index in [4.69, 9.17) is 5.14 Å². The zero-order chi connectivity index (χ0) is 21.6. The third-order valence-electron chi connectivity index (χ3n) is 5.20. The quantitative estimate of drug-likeness (QED) is 0.549. The summed E-state index contributed by atoms with van der Waals surface area (Å²) in [6, 6.07) is 5.07. The predicted molar refractivity (Wildman–Crippen MR) is 109 cm³/mol. The van der Waals surface area contributed by atoms with Gasteiger partial charge in [-0.25, -0.2) is 18.2 Å². The molecule has 0 spiro atoms. The van der Waals surface area contributed by atoms with E-state index in [0.717, 1.165) is 11.3 Å². The first kappa shape index (κ1) is 20.0. The van der Waals surface area contributed by atoms with Crippen molar-refractivity contribution in [2.75, 3.05) is 10.6 Å². The summed E-state index contributed by atoms with van der Waals surface area (Å²) >= 11 is 0. The summed E-state index contributed by atoms with van der Waals surface area (Å²) in [5.74, 6) is -0.190. The van der Waals surface area contributed by atoms with Gasteiger partial charge in [0.2, 0.25) is 21.9 Å². The normalized spacial score (nSPS) is 21.0. The van der Waals surface area contributed by atoms with Crippen molar-refractivity contribution in [3.63, 3.8) is 0 Å². The third kappa shape index (κ3) is 3.55. The molecule has 4 rings (SSSR count). The number of aromatic nitrogens is 5. The molecular formula is C18H22N8O3S. The number of carbonyl (C=O) groups is 1. The minimum absolute atomic E-state index is 0.0238. The summed E-state index contributed by atoms with van der Waals surface area (Å²) in [4.78, 5) is 17.5. The third-order valence-corrected chi connectivity index (χ3v) is 6.12. The second-order valence-corrected chi connectivity index (χ2v) is 8.90. The van der Waals surface area contributed by atoms with E-state index in [9.17, 15) is 13.2 Å². The molecule has 1 aromatic carbocycles.